The molecule has 0 bridgehead atoms. The van der Waals surface area contributed by atoms with Gasteiger partial charge in [-0.15, -0.1) is 24.0 Å². The molecule has 0 spiro atoms. The number of hydrogen-bond donors (Lipinski definition) is 0. The first kappa shape index (κ1) is 27.4. The van der Waals surface area contributed by atoms with Crippen LogP contribution in [-0.2, 0) is 5.88 Å². The summed E-state index contributed by atoms with van der Waals surface area (Å²) >= 11 is 5.53. The zero-order valence-corrected chi connectivity index (χ0v) is 15.5. The average Bonchev–Trinajstić information content (AvgIpc) is 2.15. The summed E-state index contributed by atoms with van der Waals surface area (Å²) in [7, 11) is 14.5. The van der Waals surface area contributed by atoms with Gasteiger partial charge in [-0.3, -0.25) is 0 Å². The predicted molar refractivity (Wildman–Crippen MR) is 86.8 cm³/mol. The first-order valence-electron chi connectivity index (χ1n) is 5.66. The molecule has 2 nitrogen and oxygen atoms in total. The Hall–Kier alpha value is 0.01000. The second-order valence-electron chi connectivity index (χ2n) is 5.64. The molecule has 1 aromatic carbocycles. The number of benzene rings is 1. The lowest BCUT2D eigenvalue weighted by atomic mass is 10.2. The highest BCUT2D eigenvalue weighted by Gasteiger charge is 1.88. The minimum atomic E-state index is 0. The van der Waals surface area contributed by atoms with Crippen LogP contribution in [0.2, 0.25) is 0 Å². The molecule has 0 unspecified atom stereocenters. The van der Waals surface area contributed by atoms with Gasteiger partial charge in [0.15, 0.2) is 0 Å². The Balaban J connectivity index is -0.0000000910. The number of rotatable bonds is 1. The largest absolute Gasteiger partial charge is 1.00 e. The zero-order chi connectivity index (χ0) is 13.9. The van der Waals surface area contributed by atoms with Crippen LogP contribution < -0.4 is 12.4 Å². The minimum Gasteiger partial charge on any atom is -1.00 e. The summed E-state index contributed by atoms with van der Waals surface area (Å²) < 4.78 is 1.00. The van der Waals surface area contributed by atoms with Gasteiger partial charge in [0.25, 0.3) is 0 Å². The molecule has 0 amide bonds. The van der Waals surface area contributed by atoms with Gasteiger partial charge >= 0.3 is 0 Å². The molecule has 0 aliphatic heterocycles. The van der Waals surface area contributed by atoms with E-state index in [9.17, 15) is 0 Å². The smallest absolute Gasteiger partial charge is 0.0675 e. The molecule has 116 valence electrons. The lowest BCUT2D eigenvalue weighted by Crippen LogP contribution is -3.00. The lowest BCUT2D eigenvalue weighted by Gasteiger charge is -2.14. The fourth-order valence-corrected chi connectivity index (χ4v) is 0.745. The molecule has 0 heterocycles. The van der Waals surface area contributed by atoms with Crippen molar-refractivity contribution in [2.24, 2.45) is 0 Å². The molecule has 0 N–H and O–H groups in total. The number of quaternary nitrogens is 1. The van der Waals surface area contributed by atoms with Crippen LogP contribution in [0.15, 0.2) is 30.3 Å². The van der Waals surface area contributed by atoms with Crippen LogP contribution in [0.25, 0.3) is 0 Å². The molecule has 0 radical (unpaired) electrons. The summed E-state index contributed by atoms with van der Waals surface area (Å²) in [4.78, 5) is 2.00. The highest BCUT2D eigenvalue weighted by molar-refractivity contribution is 6.17. The Labute approximate surface area is 137 Å². The predicted octanol–water partition coefficient (Wildman–Crippen LogP) is 0.351. The Morgan fingerprint density at radius 1 is 0.947 bits per heavy atom. The van der Waals surface area contributed by atoms with Crippen molar-refractivity contribution in [2.45, 2.75) is 5.88 Å². The topological polar surface area (TPSA) is 3.24 Å². The van der Waals surface area contributed by atoms with E-state index in [1.807, 2.05) is 56.4 Å². The summed E-state index contributed by atoms with van der Waals surface area (Å²) in [6.07, 6.45) is 0. The molecule has 0 saturated heterocycles. The van der Waals surface area contributed by atoms with Gasteiger partial charge < -0.3 is 21.8 Å². The Morgan fingerprint density at radius 2 is 1.21 bits per heavy atom. The fraction of sp³-hybridized carbons (Fsp3) is 0.571. The summed E-state index contributed by atoms with van der Waals surface area (Å²) in [6, 6.07) is 9.96. The van der Waals surface area contributed by atoms with E-state index in [0.29, 0.717) is 5.88 Å². The van der Waals surface area contributed by atoms with E-state index >= 15 is 0 Å². The van der Waals surface area contributed by atoms with Gasteiger partial charge in [0.05, 0.1) is 28.2 Å². The van der Waals surface area contributed by atoms with Gasteiger partial charge in [-0.1, -0.05) is 30.3 Å². The molecule has 0 saturated carbocycles. The maximum absolute atomic E-state index is 5.53. The third-order valence-corrected chi connectivity index (χ3v) is 1.31. The van der Waals surface area contributed by atoms with Gasteiger partial charge in [0.1, 0.15) is 0 Å². The van der Waals surface area contributed by atoms with Crippen LogP contribution in [0.5, 0.6) is 0 Å². The van der Waals surface area contributed by atoms with Crippen molar-refractivity contribution in [3.8, 4) is 0 Å². The molecule has 0 aromatic heterocycles. The van der Waals surface area contributed by atoms with Gasteiger partial charge in [0.2, 0.25) is 0 Å². The van der Waals surface area contributed by atoms with E-state index in [2.05, 4.69) is 28.2 Å². The standard InChI is InChI=1S/C7H7Cl.C4H12N.C3H9N.2ClH/c8-6-7-4-2-1-3-5-7;1-5(2,3)4;1-4(2)3;;/h1-5H,6H2;1-4H3;1-3H3;2*1H/q;+1;;;/p-1. The summed E-state index contributed by atoms with van der Waals surface area (Å²) in [5.41, 5.74) is 1.18. The van der Waals surface area contributed by atoms with Gasteiger partial charge in [-0.05, 0) is 26.7 Å². The van der Waals surface area contributed by atoms with E-state index in [-0.39, 0.29) is 24.8 Å². The van der Waals surface area contributed by atoms with Crippen molar-refractivity contribution in [3.05, 3.63) is 35.9 Å². The highest BCUT2D eigenvalue weighted by atomic mass is 35.5. The molecular formula is C14H29Cl3N2. The SMILES string of the molecule is CN(C)C.C[N+](C)(C)C.Cl.ClCc1ccccc1.[Cl-]. The Morgan fingerprint density at radius 3 is 1.37 bits per heavy atom. The summed E-state index contributed by atoms with van der Waals surface area (Å²) in [5, 5.41) is 0. The number of hydrogen-bond acceptors (Lipinski definition) is 1. The summed E-state index contributed by atoms with van der Waals surface area (Å²) in [6.45, 7) is 0. The maximum Gasteiger partial charge on any atom is 0.0675 e. The Kier molecular flexibility index (Phi) is 23.1. The van der Waals surface area contributed by atoms with E-state index < -0.39 is 0 Å². The summed E-state index contributed by atoms with van der Waals surface area (Å²) in [5.74, 6) is 0.612. The third kappa shape index (κ3) is 46.1. The molecule has 5 heteroatoms. The van der Waals surface area contributed by atoms with E-state index in [1.165, 1.54) is 5.56 Å². The molecule has 19 heavy (non-hydrogen) atoms. The lowest BCUT2D eigenvalue weighted by molar-refractivity contribution is -0.849. The molecule has 1 rings (SSSR count). The Bertz CT molecular complexity index is 250. The van der Waals surface area contributed by atoms with Crippen molar-refractivity contribution >= 4 is 24.0 Å². The number of alkyl halides is 1. The third-order valence-electron chi connectivity index (χ3n) is 0.997. The molecule has 0 atom stereocenters. The van der Waals surface area contributed by atoms with E-state index in [1.54, 1.807) is 0 Å². The normalized spacial score (nSPS) is 8.89. The second-order valence-corrected chi connectivity index (χ2v) is 5.91. The van der Waals surface area contributed by atoms with Crippen LogP contribution in [0, 0.1) is 0 Å². The van der Waals surface area contributed by atoms with Gasteiger partial charge in [0, 0.05) is 5.88 Å². The van der Waals surface area contributed by atoms with Gasteiger partial charge in [-0.25, -0.2) is 0 Å². The molecule has 0 aliphatic rings. The fourth-order valence-electron chi connectivity index (χ4n) is 0.567. The number of nitrogens with zero attached hydrogens (tertiary/aromatic N) is 2. The van der Waals surface area contributed by atoms with Crippen LogP contribution in [0.1, 0.15) is 5.56 Å². The average molecular weight is 332 g/mol. The van der Waals surface area contributed by atoms with E-state index in [0.717, 1.165) is 4.48 Å². The van der Waals surface area contributed by atoms with Crippen LogP contribution >= 0.6 is 24.0 Å². The van der Waals surface area contributed by atoms with Crippen molar-refractivity contribution in [1.29, 1.82) is 0 Å². The van der Waals surface area contributed by atoms with Crippen LogP contribution in [0.4, 0.5) is 0 Å². The molecular weight excluding hydrogens is 303 g/mol. The monoisotopic (exact) mass is 330 g/mol. The van der Waals surface area contributed by atoms with Gasteiger partial charge in [-0.2, -0.15) is 0 Å². The molecule has 0 aliphatic carbocycles. The molecule has 1 aromatic rings. The number of halogens is 3. The van der Waals surface area contributed by atoms with Crippen molar-refractivity contribution < 1.29 is 16.9 Å². The zero-order valence-electron chi connectivity index (χ0n) is 13.2. The second kappa shape index (κ2) is 16.1. The van der Waals surface area contributed by atoms with Crippen molar-refractivity contribution in [1.82, 2.24) is 4.90 Å². The van der Waals surface area contributed by atoms with Crippen molar-refractivity contribution in [3.63, 3.8) is 0 Å². The minimum absolute atomic E-state index is 0. The van der Waals surface area contributed by atoms with E-state index in [4.69, 9.17) is 11.6 Å². The quantitative estimate of drug-likeness (QED) is 0.530. The molecule has 0 fully saturated rings. The van der Waals surface area contributed by atoms with Crippen molar-refractivity contribution in [2.75, 3.05) is 49.3 Å². The first-order valence-corrected chi connectivity index (χ1v) is 6.20. The maximum atomic E-state index is 5.53. The van der Waals surface area contributed by atoms with Crippen LogP contribution in [0.3, 0.4) is 0 Å². The highest BCUT2D eigenvalue weighted by Crippen LogP contribution is 2.00. The first-order chi connectivity index (χ1) is 7.66. The van der Waals surface area contributed by atoms with Crippen LogP contribution in [-0.4, -0.2) is 58.7 Å².